The summed E-state index contributed by atoms with van der Waals surface area (Å²) in [5, 5.41) is 10.9. The van der Waals surface area contributed by atoms with Crippen LogP contribution in [0.3, 0.4) is 0 Å². The third kappa shape index (κ3) is 2.44. The summed E-state index contributed by atoms with van der Waals surface area (Å²) in [7, 11) is 0. The fourth-order valence-corrected chi connectivity index (χ4v) is 4.22. The molecule has 0 saturated heterocycles. The highest BCUT2D eigenvalue weighted by atomic mass is 19.2. The van der Waals surface area contributed by atoms with Crippen molar-refractivity contribution in [2.75, 3.05) is 0 Å². The average Bonchev–Trinajstić information content (AvgIpc) is 3.01. The summed E-state index contributed by atoms with van der Waals surface area (Å²) >= 11 is 0. The zero-order chi connectivity index (χ0) is 21.4. The standard InChI is InChI=1S/C21H15F3N2O4/c1-2-21(29)6-16(27)30-8-11-12(21)4-15-19-9(7-26(15)20(11)28)3-10-14(25-19)5-13(22)18(24)17(10)23/h3-5,29H,2,6-8H2,1H3/t21-/m1/s1. The minimum Gasteiger partial charge on any atom is -0.460 e. The predicted molar refractivity (Wildman–Crippen MR) is 99.0 cm³/mol. The normalized spacial score (nSPS) is 19.8. The molecule has 5 rings (SSSR count). The van der Waals surface area contributed by atoms with Crippen LogP contribution in [-0.4, -0.2) is 20.6 Å². The molecule has 30 heavy (non-hydrogen) atoms. The van der Waals surface area contributed by atoms with Crippen molar-refractivity contribution in [3.8, 4) is 11.4 Å². The summed E-state index contributed by atoms with van der Waals surface area (Å²) < 4.78 is 48.0. The minimum absolute atomic E-state index is 0.0383. The molecule has 0 aliphatic carbocycles. The molecule has 4 heterocycles. The minimum atomic E-state index is -1.58. The number of hydrogen-bond acceptors (Lipinski definition) is 5. The molecule has 2 aliphatic rings. The van der Waals surface area contributed by atoms with Crippen molar-refractivity contribution in [2.45, 2.75) is 38.5 Å². The van der Waals surface area contributed by atoms with Crippen LogP contribution >= 0.6 is 0 Å². The van der Waals surface area contributed by atoms with E-state index in [1.54, 1.807) is 13.0 Å². The van der Waals surface area contributed by atoms with Crippen molar-refractivity contribution in [1.82, 2.24) is 9.55 Å². The molecule has 0 bridgehead atoms. The van der Waals surface area contributed by atoms with Crippen LogP contribution < -0.4 is 5.56 Å². The number of fused-ring (bicyclic) bond motifs is 5. The number of aliphatic hydroxyl groups is 1. The van der Waals surface area contributed by atoms with E-state index in [4.69, 9.17) is 4.74 Å². The van der Waals surface area contributed by atoms with Crippen LogP contribution in [-0.2, 0) is 28.3 Å². The highest BCUT2D eigenvalue weighted by molar-refractivity contribution is 5.85. The first-order valence-electron chi connectivity index (χ1n) is 9.36. The number of carbonyl (C=O) groups excluding carboxylic acids is 1. The Morgan fingerprint density at radius 3 is 2.70 bits per heavy atom. The van der Waals surface area contributed by atoms with Gasteiger partial charge in [-0.3, -0.25) is 9.59 Å². The quantitative estimate of drug-likeness (QED) is 0.381. The molecule has 3 aromatic rings. The van der Waals surface area contributed by atoms with E-state index in [2.05, 4.69) is 4.98 Å². The number of carbonyl (C=O) groups is 1. The number of rotatable bonds is 1. The number of nitrogens with zero attached hydrogens (tertiary/aromatic N) is 2. The summed E-state index contributed by atoms with van der Waals surface area (Å²) in [6, 6.07) is 3.72. The third-order valence-corrected chi connectivity index (χ3v) is 5.91. The number of cyclic esters (lactones) is 1. The van der Waals surface area contributed by atoms with Crippen molar-refractivity contribution < 1.29 is 27.8 Å². The first-order valence-corrected chi connectivity index (χ1v) is 9.36. The molecule has 2 aliphatic heterocycles. The molecular weight excluding hydrogens is 401 g/mol. The Morgan fingerprint density at radius 2 is 1.97 bits per heavy atom. The van der Waals surface area contributed by atoms with Gasteiger partial charge in [0.2, 0.25) is 0 Å². The molecule has 0 spiro atoms. The molecule has 1 N–H and O–H groups in total. The summed E-state index contributed by atoms with van der Waals surface area (Å²) in [5.74, 6) is -4.90. The van der Waals surface area contributed by atoms with E-state index in [-0.39, 0.29) is 48.0 Å². The Bertz CT molecular complexity index is 1330. The number of pyridine rings is 2. The van der Waals surface area contributed by atoms with Gasteiger partial charge >= 0.3 is 5.97 Å². The van der Waals surface area contributed by atoms with Crippen molar-refractivity contribution in [2.24, 2.45) is 0 Å². The van der Waals surface area contributed by atoms with Crippen LogP contribution in [0.5, 0.6) is 0 Å². The Morgan fingerprint density at radius 1 is 1.20 bits per heavy atom. The molecule has 0 saturated carbocycles. The molecule has 0 radical (unpaired) electrons. The SMILES string of the molecule is CC[C@@]1(O)CC(=O)OCc2c1cc1n(c2=O)Cc2cc3c(F)c(F)c(F)cc3nc2-1. The maximum absolute atomic E-state index is 14.2. The molecule has 154 valence electrons. The van der Waals surface area contributed by atoms with Crippen molar-refractivity contribution in [3.05, 3.63) is 62.7 Å². The second-order valence-electron chi connectivity index (χ2n) is 7.58. The number of ether oxygens (including phenoxy) is 1. The fraction of sp³-hybridized carbons (Fsp3) is 0.286. The molecule has 0 fully saturated rings. The van der Waals surface area contributed by atoms with Gasteiger partial charge in [-0.25, -0.2) is 18.2 Å². The van der Waals surface area contributed by atoms with Gasteiger partial charge in [-0.05, 0) is 24.1 Å². The van der Waals surface area contributed by atoms with Gasteiger partial charge in [0.05, 0.1) is 35.4 Å². The zero-order valence-corrected chi connectivity index (χ0v) is 15.8. The lowest BCUT2D eigenvalue weighted by molar-refractivity contribution is -0.149. The Balaban J connectivity index is 1.79. The number of esters is 1. The number of aromatic nitrogens is 2. The van der Waals surface area contributed by atoms with Crippen molar-refractivity contribution >= 4 is 16.9 Å². The summed E-state index contributed by atoms with van der Waals surface area (Å²) in [4.78, 5) is 29.3. The van der Waals surface area contributed by atoms with Gasteiger partial charge in [0.25, 0.3) is 5.56 Å². The first kappa shape index (κ1) is 18.8. The average molecular weight is 416 g/mol. The largest absolute Gasteiger partial charge is 0.460 e. The molecular formula is C21H15F3N2O4. The van der Waals surface area contributed by atoms with E-state index >= 15 is 0 Å². The molecule has 6 nitrogen and oxygen atoms in total. The lowest BCUT2D eigenvalue weighted by Gasteiger charge is -2.26. The van der Waals surface area contributed by atoms with E-state index in [9.17, 15) is 27.9 Å². The molecule has 0 unspecified atom stereocenters. The smallest absolute Gasteiger partial charge is 0.309 e. The molecule has 1 aromatic carbocycles. The molecule has 0 amide bonds. The van der Waals surface area contributed by atoms with Gasteiger partial charge in [-0.1, -0.05) is 6.92 Å². The number of benzene rings is 1. The topological polar surface area (TPSA) is 81.4 Å². The van der Waals surface area contributed by atoms with E-state index in [0.717, 1.165) is 6.07 Å². The van der Waals surface area contributed by atoms with Gasteiger partial charge < -0.3 is 14.4 Å². The molecule has 9 heteroatoms. The molecule has 1 atom stereocenters. The zero-order valence-electron chi connectivity index (χ0n) is 15.8. The lowest BCUT2D eigenvalue weighted by atomic mass is 9.85. The predicted octanol–water partition coefficient (Wildman–Crippen LogP) is 2.89. The van der Waals surface area contributed by atoms with Crippen LogP contribution in [0.15, 0.2) is 23.0 Å². The monoisotopic (exact) mass is 416 g/mol. The summed E-state index contributed by atoms with van der Waals surface area (Å²) in [6.45, 7) is 1.45. The summed E-state index contributed by atoms with van der Waals surface area (Å²) in [6.07, 6.45) is -0.126. The van der Waals surface area contributed by atoms with Crippen LogP contribution in [0.2, 0.25) is 0 Å². The summed E-state index contributed by atoms with van der Waals surface area (Å²) in [5.41, 5.74) is -0.591. The Kier molecular flexibility index (Phi) is 3.85. The van der Waals surface area contributed by atoms with Gasteiger partial charge in [0, 0.05) is 17.0 Å². The lowest BCUT2D eigenvalue weighted by Crippen LogP contribution is -2.32. The van der Waals surface area contributed by atoms with E-state index in [1.807, 2.05) is 0 Å². The van der Waals surface area contributed by atoms with E-state index in [1.165, 1.54) is 10.6 Å². The highest BCUT2D eigenvalue weighted by Crippen LogP contribution is 2.39. The van der Waals surface area contributed by atoms with Gasteiger partial charge in [0.15, 0.2) is 17.5 Å². The van der Waals surface area contributed by atoms with E-state index < -0.39 is 34.6 Å². The maximum atomic E-state index is 14.2. The van der Waals surface area contributed by atoms with E-state index in [0.29, 0.717) is 17.0 Å². The second-order valence-corrected chi connectivity index (χ2v) is 7.58. The van der Waals surface area contributed by atoms with Crippen LogP contribution in [0.25, 0.3) is 22.3 Å². The number of hydrogen-bond donors (Lipinski definition) is 1. The van der Waals surface area contributed by atoms with Gasteiger partial charge in [-0.15, -0.1) is 0 Å². The van der Waals surface area contributed by atoms with Crippen LogP contribution in [0.4, 0.5) is 13.2 Å². The fourth-order valence-electron chi connectivity index (χ4n) is 4.22. The molecule has 2 aromatic heterocycles. The number of halogens is 3. The van der Waals surface area contributed by atoms with Crippen molar-refractivity contribution in [1.29, 1.82) is 0 Å². The van der Waals surface area contributed by atoms with Gasteiger partial charge in [-0.2, -0.15) is 0 Å². The van der Waals surface area contributed by atoms with Crippen LogP contribution in [0, 0.1) is 17.5 Å². The Labute approximate surface area is 167 Å². The second kappa shape index (κ2) is 6.15. The Hall–Kier alpha value is -3.20. The highest BCUT2D eigenvalue weighted by Gasteiger charge is 2.39. The van der Waals surface area contributed by atoms with Crippen molar-refractivity contribution in [3.63, 3.8) is 0 Å². The third-order valence-electron chi connectivity index (χ3n) is 5.91. The first-order chi connectivity index (χ1) is 14.2. The maximum Gasteiger partial charge on any atom is 0.309 e. The van der Waals surface area contributed by atoms with Gasteiger partial charge in [0.1, 0.15) is 12.2 Å². The van der Waals surface area contributed by atoms with Crippen LogP contribution in [0.1, 0.15) is 36.5 Å².